The number of halogens is 2. The van der Waals surface area contributed by atoms with Gasteiger partial charge in [0.2, 0.25) is 0 Å². The van der Waals surface area contributed by atoms with Crippen LogP contribution in [0.25, 0.3) is 0 Å². The fraction of sp³-hybridized carbons (Fsp3) is 0.222. The number of rotatable bonds is 1. The monoisotopic (exact) mass is 215 g/mol. The predicted octanol–water partition coefficient (Wildman–Crippen LogP) is 2.26. The zero-order valence-corrected chi connectivity index (χ0v) is 7.84. The molecule has 0 bridgehead atoms. The molecule has 0 saturated carbocycles. The van der Waals surface area contributed by atoms with Crippen molar-refractivity contribution < 1.29 is 13.9 Å². The average molecular weight is 216 g/mol. The molecule has 1 heterocycles. The van der Waals surface area contributed by atoms with Crippen molar-refractivity contribution >= 4 is 17.7 Å². The molecule has 1 unspecified atom stereocenters. The van der Waals surface area contributed by atoms with Crippen LogP contribution < -0.4 is 5.32 Å². The number of ether oxygens (including phenoxy) is 1. The number of carbonyl (C=O) groups is 1. The Kier molecular flexibility index (Phi) is 2.29. The third-order valence-corrected chi connectivity index (χ3v) is 2.33. The van der Waals surface area contributed by atoms with Crippen LogP contribution in [0.15, 0.2) is 18.2 Å². The van der Waals surface area contributed by atoms with Crippen molar-refractivity contribution in [3.8, 4) is 0 Å². The van der Waals surface area contributed by atoms with Gasteiger partial charge in [-0.2, -0.15) is 0 Å². The van der Waals surface area contributed by atoms with Crippen molar-refractivity contribution in [3.05, 3.63) is 34.6 Å². The van der Waals surface area contributed by atoms with Gasteiger partial charge in [0.15, 0.2) is 0 Å². The van der Waals surface area contributed by atoms with Gasteiger partial charge in [0, 0.05) is 0 Å². The molecule has 1 aromatic rings. The Bertz CT molecular complexity index is 383. The minimum Gasteiger partial charge on any atom is -0.447 e. The highest BCUT2D eigenvalue weighted by atomic mass is 35.5. The summed E-state index contributed by atoms with van der Waals surface area (Å²) in [5.41, 5.74) is 0.651. The molecule has 1 amide bonds. The molecule has 2 rings (SSSR count). The summed E-state index contributed by atoms with van der Waals surface area (Å²) in [6.07, 6.45) is -0.481. The zero-order chi connectivity index (χ0) is 10.1. The number of alkyl carbamates (subject to hydrolysis) is 1. The number of nitrogens with one attached hydrogen (secondary N) is 1. The van der Waals surface area contributed by atoms with E-state index in [9.17, 15) is 9.18 Å². The largest absolute Gasteiger partial charge is 0.447 e. The van der Waals surface area contributed by atoms with Gasteiger partial charge in [0.1, 0.15) is 12.4 Å². The van der Waals surface area contributed by atoms with Crippen LogP contribution in [0.1, 0.15) is 11.6 Å². The summed E-state index contributed by atoms with van der Waals surface area (Å²) in [5, 5.41) is 2.61. The van der Waals surface area contributed by atoms with E-state index in [2.05, 4.69) is 10.1 Å². The number of carbonyl (C=O) groups excluding carboxylic acids is 1. The van der Waals surface area contributed by atoms with Crippen molar-refractivity contribution in [2.75, 3.05) is 6.61 Å². The summed E-state index contributed by atoms with van der Waals surface area (Å²) in [4.78, 5) is 10.7. The van der Waals surface area contributed by atoms with Gasteiger partial charge in [-0.3, -0.25) is 0 Å². The number of cyclic esters (lactones) is 1. The first-order valence-electron chi connectivity index (χ1n) is 4.05. The Balaban J connectivity index is 2.24. The van der Waals surface area contributed by atoms with Gasteiger partial charge in [-0.25, -0.2) is 9.18 Å². The third kappa shape index (κ3) is 1.65. The van der Waals surface area contributed by atoms with E-state index >= 15 is 0 Å². The lowest BCUT2D eigenvalue weighted by molar-refractivity contribution is 0.177. The summed E-state index contributed by atoms with van der Waals surface area (Å²) >= 11 is 5.52. The van der Waals surface area contributed by atoms with Gasteiger partial charge in [-0.15, -0.1) is 0 Å². The highest BCUT2D eigenvalue weighted by molar-refractivity contribution is 6.30. The molecule has 1 atom stereocenters. The van der Waals surface area contributed by atoms with Gasteiger partial charge in [-0.1, -0.05) is 17.7 Å². The SMILES string of the molecule is O=C1NC(c2ccc(Cl)c(F)c2)CO1. The first-order chi connectivity index (χ1) is 6.66. The van der Waals surface area contributed by atoms with Gasteiger partial charge >= 0.3 is 6.09 Å². The molecule has 1 aliphatic rings. The number of amides is 1. The second kappa shape index (κ2) is 3.46. The van der Waals surface area contributed by atoms with Crippen molar-refractivity contribution in [1.29, 1.82) is 0 Å². The fourth-order valence-electron chi connectivity index (χ4n) is 1.29. The Morgan fingerprint density at radius 1 is 1.57 bits per heavy atom. The molecular weight excluding hydrogens is 209 g/mol. The Labute approximate surface area is 84.8 Å². The molecule has 0 radical (unpaired) electrons. The lowest BCUT2D eigenvalue weighted by Gasteiger charge is -2.07. The number of hydrogen-bond acceptors (Lipinski definition) is 2. The van der Waals surface area contributed by atoms with Crippen molar-refractivity contribution in [2.24, 2.45) is 0 Å². The summed E-state index contributed by atoms with van der Waals surface area (Å²) in [6.45, 7) is 0.222. The molecule has 74 valence electrons. The van der Waals surface area contributed by atoms with Crippen LogP contribution in [-0.4, -0.2) is 12.7 Å². The van der Waals surface area contributed by atoms with Crippen LogP contribution in [0, 0.1) is 5.82 Å². The summed E-state index contributed by atoms with van der Waals surface area (Å²) in [7, 11) is 0. The maximum atomic E-state index is 13.0. The number of hydrogen-bond donors (Lipinski definition) is 1. The molecular formula is C9H7ClFNO2. The molecule has 0 aliphatic carbocycles. The molecule has 1 aliphatic heterocycles. The van der Waals surface area contributed by atoms with Crippen molar-refractivity contribution in [1.82, 2.24) is 5.32 Å². The van der Waals surface area contributed by atoms with Gasteiger partial charge in [0.05, 0.1) is 11.1 Å². The van der Waals surface area contributed by atoms with E-state index in [1.807, 2.05) is 0 Å². The quantitative estimate of drug-likeness (QED) is 0.781. The van der Waals surface area contributed by atoms with Crippen LogP contribution in [-0.2, 0) is 4.74 Å². The zero-order valence-electron chi connectivity index (χ0n) is 7.09. The Morgan fingerprint density at radius 3 is 2.93 bits per heavy atom. The minimum absolute atomic E-state index is 0.0685. The lowest BCUT2D eigenvalue weighted by Crippen LogP contribution is -2.18. The molecule has 3 nitrogen and oxygen atoms in total. The third-order valence-electron chi connectivity index (χ3n) is 2.02. The highest BCUT2D eigenvalue weighted by Crippen LogP contribution is 2.22. The standard InChI is InChI=1S/C9H7ClFNO2/c10-6-2-1-5(3-7(6)11)8-4-14-9(13)12-8/h1-3,8H,4H2,(H,12,13). The van der Waals surface area contributed by atoms with Crippen LogP contribution in [0.3, 0.4) is 0 Å². The first kappa shape index (κ1) is 9.27. The topological polar surface area (TPSA) is 38.3 Å². The molecule has 1 fully saturated rings. The smallest absolute Gasteiger partial charge is 0.407 e. The van der Waals surface area contributed by atoms with E-state index in [1.165, 1.54) is 12.1 Å². The van der Waals surface area contributed by atoms with E-state index in [4.69, 9.17) is 11.6 Å². The first-order valence-corrected chi connectivity index (χ1v) is 4.43. The van der Waals surface area contributed by atoms with E-state index < -0.39 is 11.9 Å². The van der Waals surface area contributed by atoms with Gasteiger partial charge in [-0.05, 0) is 17.7 Å². The maximum absolute atomic E-state index is 13.0. The highest BCUT2D eigenvalue weighted by Gasteiger charge is 2.24. The van der Waals surface area contributed by atoms with Crippen LogP contribution in [0.2, 0.25) is 5.02 Å². The summed E-state index contributed by atoms with van der Waals surface area (Å²) < 4.78 is 17.7. The lowest BCUT2D eigenvalue weighted by atomic mass is 10.1. The Hall–Kier alpha value is -1.29. The molecule has 5 heteroatoms. The molecule has 0 spiro atoms. The summed E-state index contributed by atoms with van der Waals surface area (Å²) in [5.74, 6) is -0.495. The maximum Gasteiger partial charge on any atom is 0.407 e. The summed E-state index contributed by atoms with van der Waals surface area (Å²) in [6, 6.07) is 4.12. The molecule has 1 saturated heterocycles. The van der Waals surface area contributed by atoms with Crippen molar-refractivity contribution in [2.45, 2.75) is 6.04 Å². The van der Waals surface area contributed by atoms with E-state index in [1.54, 1.807) is 6.07 Å². The van der Waals surface area contributed by atoms with Crippen LogP contribution >= 0.6 is 11.6 Å². The van der Waals surface area contributed by atoms with E-state index in [-0.39, 0.29) is 17.7 Å². The molecule has 1 aromatic carbocycles. The van der Waals surface area contributed by atoms with Gasteiger partial charge in [0.25, 0.3) is 0 Å². The normalized spacial score (nSPS) is 20.4. The van der Waals surface area contributed by atoms with E-state index in [0.29, 0.717) is 5.56 Å². The Morgan fingerprint density at radius 2 is 2.36 bits per heavy atom. The van der Waals surface area contributed by atoms with Crippen LogP contribution in [0.5, 0.6) is 0 Å². The second-order valence-electron chi connectivity index (χ2n) is 2.97. The number of benzene rings is 1. The molecule has 14 heavy (non-hydrogen) atoms. The van der Waals surface area contributed by atoms with Gasteiger partial charge < -0.3 is 10.1 Å². The fourth-order valence-corrected chi connectivity index (χ4v) is 1.41. The predicted molar refractivity (Wildman–Crippen MR) is 48.6 cm³/mol. The van der Waals surface area contributed by atoms with Crippen LogP contribution in [0.4, 0.5) is 9.18 Å². The molecule has 1 N–H and O–H groups in total. The minimum atomic E-state index is -0.495. The molecule has 0 aromatic heterocycles. The second-order valence-corrected chi connectivity index (χ2v) is 3.38. The average Bonchev–Trinajstić information content (AvgIpc) is 2.57. The van der Waals surface area contributed by atoms with Crippen molar-refractivity contribution in [3.63, 3.8) is 0 Å². The van der Waals surface area contributed by atoms with E-state index in [0.717, 1.165) is 0 Å².